The van der Waals surface area contributed by atoms with Crippen molar-refractivity contribution in [2.45, 2.75) is 57.5 Å². The molecule has 0 aromatic heterocycles. The zero-order valence-corrected chi connectivity index (χ0v) is 14.5. The normalized spacial score (nSPS) is 16.3. The highest BCUT2D eigenvalue weighted by atomic mass is 16.5. The van der Waals surface area contributed by atoms with Crippen molar-refractivity contribution in [1.29, 1.82) is 0 Å². The average molecular weight is 346 g/mol. The number of urea groups is 1. The minimum Gasteiger partial charge on any atom is -0.493 e. The summed E-state index contributed by atoms with van der Waals surface area (Å²) in [5, 5.41) is 11.6. The lowest BCUT2D eigenvalue weighted by atomic mass is 10.1. The van der Waals surface area contributed by atoms with Crippen LogP contribution >= 0.6 is 0 Å². The van der Waals surface area contributed by atoms with Gasteiger partial charge in [0.15, 0.2) is 0 Å². The zero-order valence-electron chi connectivity index (χ0n) is 14.5. The Labute approximate surface area is 148 Å². The molecule has 6 nitrogen and oxygen atoms in total. The fourth-order valence-electron chi connectivity index (χ4n) is 3.65. The highest BCUT2D eigenvalue weighted by Crippen LogP contribution is 2.29. The number of hydrogen-bond acceptors (Lipinski definition) is 3. The second-order valence-corrected chi connectivity index (χ2v) is 6.84. The molecule has 2 amide bonds. The summed E-state index contributed by atoms with van der Waals surface area (Å²) < 4.78 is 5.55. The van der Waals surface area contributed by atoms with Crippen LogP contribution in [-0.4, -0.2) is 41.2 Å². The van der Waals surface area contributed by atoms with E-state index in [1.165, 1.54) is 5.56 Å². The number of ether oxygens (including phenoxy) is 1. The maximum atomic E-state index is 12.7. The number of hydrogen-bond donors (Lipinski definition) is 2. The van der Waals surface area contributed by atoms with Gasteiger partial charge in [-0.2, -0.15) is 0 Å². The number of aliphatic carboxylic acids is 1. The Morgan fingerprint density at radius 2 is 2.08 bits per heavy atom. The Morgan fingerprint density at radius 1 is 1.28 bits per heavy atom. The van der Waals surface area contributed by atoms with E-state index in [1.807, 2.05) is 17.0 Å². The van der Waals surface area contributed by atoms with Crippen molar-refractivity contribution in [3.05, 3.63) is 29.3 Å². The van der Waals surface area contributed by atoms with E-state index >= 15 is 0 Å². The molecule has 0 saturated heterocycles. The third-order valence-corrected chi connectivity index (χ3v) is 4.98. The summed E-state index contributed by atoms with van der Waals surface area (Å²) in [6.45, 7) is 1.71. The molecule has 2 N–H and O–H groups in total. The van der Waals surface area contributed by atoms with Crippen molar-refractivity contribution in [2.75, 3.05) is 13.2 Å². The number of carbonyl (C=O) groups excluding carboxylic acids is 1. The summed E-state index contributed by atoms with van der Waals surface area (Å²) in [5.74, 6) is 0.122. The predicted octanol–water partition coefficient (Wildman–Crippen LogP) is 2.94. The SMILES string of the molecule is O=C(O)CCCNC(=O)N(Cc1ccc2c(c1)CCO2)C1CCCC1. The Bertz CT molecular complexity index is 626. The number of nitrogens with zero attached hydrogens (tertiary/aromatic N) is 1. The highest BCUT2D eigenvalue weighted by Gasteiger charge is 2.27. The third-order valence-electron chi connectivity index (χ3n) is 4.98. The molecule has 6 heteroatoms. The molecule has 1 aromatic rings. The van der Waals surface area contributed by atoms with Crippen LogP contribution in [0, 0.1) is 0 Å². The minimum absolute atomic E-state index is 0.0779. The van der Waals surface area contributed by atoms with Crippen LogP contribution < -0.4 is 10.1 Å². The summed E-state index contributed by atoms with van der Waals surface area (Å²) in [6.07, 6.45) is 5.85. The number of rotatable bonds is 7. The minimum atomic E-state index is -0.831. The van der Waals surface area contributed by atoms with Crippen LogP contribution in [0.5, 0.6) is 5.75 Å². The predicted molar refractivity (Wildman–Crippen MR) is 93.7 cm³/mol. The van der Waals surface area contributed by atoms with E-state index in [9.17, 15) is 9.59 Å². The van der Waals surface area contributed by atoms with Crippen LogP contribution in [0.25, 0.3) is 0 Å². The lowest BCUT2D eigenvalue weighted by Gasteiger charge is -2.29. The lowest BCUT2D eigenvalue weighted by Crippen LogP contribution is -2.45. The van der Waals surface area contributed by atoms with Gasteiger partial charge in [0, 0.05) is 32.0 Å². The van der Waals surface area contributed by atoms with Gasteiger partial charge in [0.25, 0.3) is 0 Å². The van der Waals surface area contributed by atoms with Crippen molar-refractivity contribution in [3.63, 3.8) is 0 Å². The van der Waals surface area contributed by atoms with E-state index in [-0.39, 0.29) is 18.5 Å². The maximum absolute atomic E-state index is 12.7. The van der Waals surface area contributed by atoms with Gasteiger partial charge >= 0.3 is 12.0 Å². The van der Waals surface area contributed by atoms with E-state index in [4.69, 9.17) is 9.84 Å². The van der Waals surface area contributed by atoms with Gasteiger partial charge in [-0.15, -0.1) is 0 Å². The summed E-state index contributed by atoms with van der Waals surface area (Å²) in [6, 6.07) is 6.35. The smallest absolute Gasteiger partial charge is 0.317 e. The number of carbonyl (C=O) groups is 2. The molecule has 3 rings (SSSR count). The largest absolute Gasteiger partial charge is 0.493 e. The zero-order chi connectivity index (χ0) is 17.6. The van der Waals surface area contributed by atoms with Gasteiger partial charge in [-0.25, -0.2) is 4.79 Å². The molecule has 2 aliphatic rings. The van der Waals surface area contributed by atoms with E-state index in [0.717, 1.165) is 50.0 Å². The van der Waals surface area contributed by atoms with E-state index in [0.29, 0.717) is 19.5 Å². The van der Waals surface area contributed by atoms with Crippen LogP contribution in [0.15, 0.2) is 18.2 Å². The molecule has 1 saturated carbocycles. The summed E-state index contributed by atoms with van der Waals surface area (Å²) in [5.41, 5.74) is 2.34. The molecule has 1 aromatic carbocycles. The number of fused-ring (bicyclic) bond motifs is 1. The summed E-state index contributed by atoms with van der Waals surface area (Å²) in [4.78, 5) is 25.2. The summed E-state index contributed by atoms with van der Waals surface area (Å²) in [7, 11) is 0. The van der Waals surface area contributed by atoms with Crippen LogP contribution in [-0.2, 0) is 17.8 Å². The van der Waals surface area contributed by atoms with Gasteiger partial charge in [-0.3, -0.25) is 4.79 Å². The molecule has 0 radical (unpaired) electrons. The number of amides is 2. The average Bonchev–Trinajstić information content (AvgIpc) is 3.27. The first-order chi connectivity index (χ1) is 12.1. The molecule has 1 aliphatic carbocycles. The number of carboxylic acid groups (broad SMARTS) is 1. The van der Waals surface area contributed by atoms with Gasteiger partial charge in [-0.1, -0.05) is 25.0 Å². The number of nitrogens with one attached hydrogen (secondary N) is 1. The number of carboxylic acids is 1. The lowest BCUT2D eigenvalue weighted by molar-refractivity contribution is -0.137. The third kappa shape index (κ3) is 4.65. The first-order valence-corrected chi connectivity index (χ1v) is 9.14. The summed E-state index contributed by atoms with van der Waals surface area (Å²) >= 11 is 0. The van der Waals surface area contributed by atoms with Crippen LogP contribution in [0.2, 0.25) is 0 Å². The second-order valence-electron chi connectivity index (χ2n) is 6.84. The first kappa shape index (κ1) is 17.6. The first-order valence-electron chi connectivity index (χ1n) is 9.14. The topological polar surface area (TPSA) is 78.9 Å². The Kier molecular flexibility index (Phi) is 5.79. The Morgan fingerprint density at radius 3 is 2.84 bits per heavy atom. The fourth-order valence-corrected chi connectivity index (χ4v) is 3.65. The Hall–Kier alpha value is -2.24. The van der Waals surface area contributed by atoms with Gasteiger partial charge < -0.3 is 20.1 Å². The van der Waals surface area contributed by atoms with Crippen molar-refractivity contribution in [2.24, 2.45) is 0 Å². The van der Waals surface area contributed by atoms with Crippen LogP contribution in [0.3, 0.4) is 0 Å². The van der Waals surface area contributed by atoms with Gasteiger partial charge in [0.2, 0.25) is 0 Å². The quantitative estimate of drug-likeness (QED) is 0.744. The fraction of sp³-hybridized carbons (Fsp3) is 0.579. The van der Waals surface area contributed by atoms with Crippen molar-refractivity contribution in [3.8, 4) is 5.75 Å². The van der Waals surface area contributed by atoms with Gasteiger partial charge in [0.1, 0.15) is 5.75 Å². The molecule has 25 heavy (non-hydrogen) atoms. The molecular formula is C19H26N2O4. The molecular weight excluding hydrogens is 320 g/mol. The number of benzene rings is 1. The molecule has 0 bridgehead atoms. The monoisotopic (exact) mass is 346 g/mol. The second kappa shape index (κ2) is 8.23. The van der Waals surface area contributed by atoms with Gasteiger partial charge in [-0.05, 0) is 36.5 Å². The molecule has 0 unspecified atom stereocenters. The molecule has 136 valence electrons. The molecule has 1 fully saturated rings. The van der Waals surface area contributed by atoms with Crippen molar-refractivity contribution < 1.29 is 19.4 Å². The standard InChI is InChI=1S/C19H26N2O4/c22-18(23)6-3-10-20-19(24)21(16-4-1-2-5-16)13-14-7-8-17-15(12-14)9-11-25-17/h7-8,12,16H,1-6,9-11,13H2,(H,20,24)(H,22,23). The van der Waals surface area contributed by atoms with Gasteiger partial charge in [0.05, 0.1) is 6.61 Å². The molecule has 0 atom stereocenters. The van der Waals surface area contributed by atoms with Crippen molar-refractivity contribution in [1.82, 2.24) is 10.2 Å². The Balaban J connectivity index is 1.62. The maximum Gasteiger partial charge on any atom is 0.317 e. The highest BCUT2D eigenvalue weighted by molar-refractivity contribution is 5.74. The van der Waals surface area contributed by atoms with E-state index in [2.05, 4.69) is 11.4 Å². The molecule has 0 spiro atoms. The molecule has 1 aliphatic heterocycles. The van der Waals surface area contributed by atoms with Crippen LogP contribution in [0.1, 0.15) is 49.7 Å². The molecule has 1 heterocycles. The van der Waals surface area contributed by atoms with Crippen molar-refractivity contribution >= 4 is 12.0 Å². The van der Waals surface area contributed by atoms with E-state index in [1.54, 1.807) is 0 Å². The van der Waals surface area contributed by atoms with Crippen LogP contribution in [0.4, 0.5) is 4.79 Å². The van der Waals surface area contributed by atoms with E-state index < -0.39 is 5.97 Å².